The van der Waals surface area contributed by atoms with Crippen molar-refractivity contribution in [2.24, 2.45) is 5.92 Å². The van der Waals surface area contributed by atoms with E-state index in [0.29, 0.717) is 6.54 Å². The minimum atomic E-state index is 0. The van der Waals surface area contributed by atoms with Gasteiger partial charge < -0.3 is 15.6 Å². The summed E-state index contributed by atoms with van der Waals surface area (Å²) < 4.78 is 0. The molecule has 1 saturated heterocycles. The fourth-order valence-electron chi connectivity index (χ4n) is 1.28. The zero-order chi connectivity index (χ0) is 9.10. The third kappa shape index (κ3) is 2.49. The highest BCUT2D eigenvalue weighted by Crippen LogP contribution is 2.02. The molecule has 0 unspecified atom stereocenters. The van der Waals surface area contributed by atoms with Gasteiger partial charge in [-0.1, -0.05) is 0 Å². The molecule has 1 aliphatic heterocycles. The lowest BCUT2D eigenvalue weighted by Crippen LogP contribution is -2.50. The normalized spacial score (nSPS) is 15.4. The summed E-state index contributed by atoms with van der Waals surface area (Å²) in [6.45, 7) is 2.23. The van der Waals surface area contributed by atoms with Gasteiger partial charge in [0, 0.05) is 25.0 Å². The van der Waals surface area contributed by atoms with E-state index >= 15 is 0 Å². The third-order valence-corrected chi connectivity index (χ3v) is 2.27. The van der Waals surface area contributed by atoms with E-state index in [2.05, 4.69) is 15.6 Å². The van der Waals surface area contributed by atoms with E-state index in [1.807, 2.05) is 18.3 Å². The number of hydrogen-bond donors (Lipinski definition) is 3. The number of carbonyl (C=O) groups is 1. The molecule has 3 N–H and O–H groups in total. The Labute approximate surface area is 88.9 Å². The van der Waals surface area contributed by atoms with Crippen molar-refractivity contribution in [2.75, 3.05) is 13.1 Å². The largest absolute Gasteiger partial charge is 0.364 e. The maximum absolute atomic E-state index is 11.4. The van der Waals surface area contributed by atoms with Crippen LogP contribution < -0.4 is 10.6 Å². The molecule has 5 heteroatoms. The van der Waals surface area contributed by atoms with Crippen molar-refractivity contribution in [3.8, 4) is 0 Å². The molecule has 0 bridgehead atoms. The molecule has 14 heavy (non-hydrogen) atoms. The molecule has 1 amide bonds. The molecule has 1 aliphatic rings. The fourth-order valence-corrected chi connectivity index (χ4v) is 1.28. The van der Waals surface area contributed by atoms with Crippen molar-refractivity contribution in [3.05, 3.63) is 24.0 Å². The number of halogens is 1. The van der Waals surface area contributed by atoms with Crippen LogP contribution in [0.15, 0.2) is 18.3 Å². The minimum Gasteiger partial charge on any atom is -0.364 e. The number of amides is 1. The number of aromatic amines is 1. The van der Waals surface area contributed by atoms with E-state index in [9.17, 15) is 4.79 Å². The summed E-state index contributed by atoms with van der Waals surface area (Å²) in [6.07, 6.45) is 1.85. The van der Waals surface area contributed by atoms with Crippen LogP contribution in [0.25, 0.3) is 0 Å². The molecule has 1 fully saturated rings. The van der Waals surface area contributed by atoms with Crippen LogP contribution in [0.1, 0.15) is 5.69 Å². The Morgan fingerprint density at radius 2 is 2.36 bits per heavy atom. The lowest BCUT2D eigenvalue weighted by atomic mass is 10.0. The number of aromatic nitrogens is 1. The molecule has 1 aromatic rings. The Bertz CT molecular complexity index is 282. The van der Waals surface area contributed by atoms with E-state index in [-0.39, 0.29) is 24.2 Å². The van der Waals surface area contributed by atoms with Gasteiger partial charge in [-0.05, 0) is 12.1 Å². The second-order valence-corrected chi connectivity index (χ2v) is 3.27. The van der Waals surface area contributed by atoms with E-state index < -0.39 is 0 Å². The molecule has 4 nitrogen and oxygen atoms in total. The Kier molecular flexibility index (Phi) is 3.98. The van der Waals surface area contributed by atoms with Crippen molar-refractivity contribution in [3.63, 3.8) is 0 Å². The van der Waals surface area contributed by atoms with Gasteiger partial charge in [0.2, 0.25) is 5.91 Å². The summed E-state index contributed by atoms with van der Waals surface area (Å²) in [5.74, 6) is 0.323. The van der Waals surface area contributed by atoms with E-state index in [0.717, 1.165) is 18.8 Å². The molecule has 0 saturated carbocycles. The van der Waals surface area contributed by atoms with Gasteiger partial charge in [0.25, 0.3) is 0 Å². The van der Waals surface area contributed by atoms with Crippen molar-refractivity contribution in [1.29, 1.82) is 0 Å². The highest BCUT2D eigenvalue weighted by molar-refractivity contribution is 5.85. The van der Waals surface area contributed by atoms with Crippen molar-refractivity contribution >= 4 is 18.3 Å². The SMILES string of the molecule is Cl.O=C(NCc1ccc[nH]1)C1CNC1. The third-order valence-electron chi connectivity index (χ3n) is 2.27. The van der Waals surface area contributed by atoms with Gasteiger partial charge in [0.05, 0.1) is 12.5 Å². The molecular formula is C9H14ClN3O. The van der Waals surface area contributed by atoms with E-state index in [1.54, 1.807) is 0 Å². The first kappa shape index (κ1) is 11.1. The summed E-state index contributed by atoms with van der Waals surface area (Å²) in [4.78, 5) is 14.4. The average molecular weight is 216 g/mol. The number of nitrogens with one attached hydrogen (secondary N) is 3. The molecule has 78 valence electrons. The fraction of sp³-hybridized carbons (Fsp3) is 0.444. The Morgan fingerprint density at radius 1 is 1.57 bits per heavy atom. The molecule has 1 aromatic heterocycles. The van der Waals surface area contributed by atoms with Crippen LogP contribution in [-0.4, -0.2) is 24.0 Å². The van der Waals surface area contributed by atoms with Crippen LogP contribution in [0.2, 0.25) is 0 Å². The van der Waals surface area contributed by atoms with Crippen molar-refractivity contribution in [1.82, 2.24) is 15.6 Å². The van der Waals surface area contributed by atoms with Gasteiger partial charge in [0.15, 0.2) is 0 Å². The predicted octanol–water partition coefficient (Wildman–Crippen LogP) is 0.272. The van der Waals surface area contributed by atoms with Gasteiger partial charge in [0.1, 0.15) is 0 Å². The van der Waals surface area contributed by atoms with Gasteiger partial charge in [-0.15, -0.1) is 12.4 Å². The number of hydrogen-bond acceptors (Lipinski definition) is 2. The van der Waals surface area contributed by atoms with Crippen LogP contribution in [0.5, 0.6) is 0 Å². The van der Waals surface area contributed by atoms with Gasteiger partial charge in [-0.3, -0.25) is 4.79 Å². The zero-order valence-corrected chi connectivity index (χ0v) is 8.56. The average Bonchev–Trinajstić information content (AvgIpc) is 2.49. The molecule has 0 aromatic carbocycles. The molecule has 0 atom stereocenters. The summed E-state index contributed by atoms with van der Waals surface area (Å²) in [6, 6.07) is 3.88. The second kappa shape index (κ2) is 5.02. The van der Waals surface area contributed by atoms with Gasteiger partial charge in [-0.25, -0.2) is 0 Å². The lowest BCUT2D eigenvalue weighted by Gasteiger charge is -2.25. The molecule has 0 radical (unpaired) electrons. The van der Waals surface area contributed by atoms with Crippen molar-refractivity contribution < 1.29 is 4.79 Å². The summed E-state index contributed by atoms with van der Waals surface area (Å²) in [5, 5.41) is 5.94. The number of carbonyl (C=O) groups excluding carboxylic acids is 1. The van der Waals surface area contributed by atoms with E-state index in [1.165, 1.54) is 0 Å². The smallest absolute Gasteiger partial charge is 0.226 e. The van der Waals surface area contributed by atoms with Gasteiger partial charge >= 0.3 is 0 Å². The van der Waals surface area contributed by atoms with Crippen molar-refractivity contribution in [2.45, 2.75) is 6.54 Å². The van der Waals surface area contributed by atoms with E-state index in [4.69, 9.17) is 0 Å². The first-order valence-electron chi connectivity index (χ1n) is 4.47. The van der Waals surface area contributed by atoms with Crippen LogP contribution in [-0.2, 0) is 11.3 Å². The molecule has 0 aliphatic carbocycles. The summed E-state index contributed by atoms with van der Waals surface area (Å²) in [5.41, 5.74) is 1.04. The summed E-state index contributed by atoms with van der Waals surface area (Å²) >= 11 is 0. The van der Waals surface area contributed by atoms with Crippen LogP contribution >= 0.6 is 12.4 Å². The maximum Gasteiger partial charge on any atom is 0.226 e. The lowest BCUT2D eigenvalue weighted by molar-refractivity contribution is -0.126. The quantitative estimate of drug-likeness (QED) is 0.678. The maximum atomic E-state index is 11.4. The minimum absolute atomic E-state index is 0. The van der Waals surface area contributed by atoms with Crippen LogP contribution in [0, 0.1) is 5.92 Å². The molecule has 0 spiro atoms. The standard InChI is InChI=1S/C9H13N3O.ClH/c13-9(7-4-10-5-7)12-6-8-2-1-3-11-8;/h1-3,7,10-11H,4-6H2,(H,12,13);1H. The Hall–Kier alpha value is -1.00. The van der Waals surface area contributed by atoms with Crippen LogP contribution in [0.4, 0.5) is 0 Å². The first-order chi connectivity index (χ1) is 6.36. The van der Waals surface area contributed by atoms with Gasteiger partial charge in [-0.2, -0.15) is 0 Å². The second-order valence-electron chi connectivity index (χ2n) is 3.27. The Balaban J connectivity index is 0.000000980. The molecular weight excluding hydrogens is 202 g/mol. The zero-order valence-electron chi connectivity index (χ0n) is 7.75. The predicted molar refractivity (Wildman–Crippen MR) is 56.2 cm³/mol. The van der Waals surface area contributed by atoms with Crippen LogP contribution in [0.3, 0.4) is 0 Å². The number of rotatable bonds is 3. The highest BCUT2D eigenvalue weighted by atomic mass is 35.5. The molecule has 2 rings (SSSR count). The Morgan fingerprint density at radius 3 is 2.86 bits per heavy atom. The molecule has 2 heterocycles. The first-order valence-corrected chi connectivity index (χ1v) is 4.47. The highest BCUT2D eigenvalue weighted by Gasteiger charge is 2.24. The summed E-state index contributed by atoms with van der Waals surface area (Å²) in [7, 11) is 0. The topological polar surface area (TPSA) is 56.9 Å². The monoisotopic (exact) mass is 215 g/mol. The number of H-pyrrole nitrogens is 1.